The van der Waals surface area contributed by atoms with Gasteiger partial charge in [0.1, 0.15) is 0 Å². The Hall–Kier alpha value is -1.60. The second-order valence-corrected chi connectivity index (χ2v) is 5.04. The van der Waals surface area contributed by atoms with E-state index in [2.05, 4.69) is 10.6 Å². The smallest absolute Gasteiger partial charge is 0.334 e. The van der Waals surface area contributed by atoms with Crippen LogP contribution in [-0.4, -0.2) is 34.9 Å². The summed E-state index contributed by atoms with van der Waals surface area (Å²) in [6, 6.07) is 3.28. The van der Waals surface area contributed by atoms with Gasteiger partial charge in [0.05, 0.1) is 12.6 Å². The topological polar surface area (TPSA) is 98.7 Å². The number of carbonyl (C=O) groups is 2. The summed E-state index contributed by atoms with van der Waals surface area (Å²) in [6.07, 6.45) is 0.132. The fraction of sp³-hybridized carbons (Fsp3) is 0.500. The normalized spacial score (nSPS) is 13.6. The Bertz CT molecular complexity index is 408. The Kier molecular flexibility index (Phi) is 6.31. The summed E-state index contributed by atoms with van der Waals surface area (Å²) in [6.45, 7) is 1.71. The summed E-state index contributed by atoms with van der Waals surface area (Å²) in [5, 5.41) is 24.6. The van der Waals surface area contributed by atoms with Gasteiger partial charge in [0.25, 0.3) is 0 Å². The number of carboxylic acid groups (broad SMARTS) is 1. The first kappa shape index (κ1) is 15.5. The van der Waals surface area contributed by atoms with Crippen molar-refractivity contribution in [2.75, 3.05) is 6.54 Å². The molecule has 0 aromatic carbocycles. The molecule has 1 aromatic rings. The average Bonchev–Trinajstić information content (AvgIpc) is 2.89. The van der Waals surface area contributed by atoms with E-state index in [1.165, 1.54) is 0 Å². The molecule has 2 unspecified atom stereocenters. The van der Waals surface area contributed by atoms with E-state index in [0.717, 1.165) is 17.7 Å². The molecule has 4 N–H and O–H groups in total. The van der Waals surface area contributed by atoms with E-state index in [1.54, 1.807) is 11.3 Å². The van der Waals surface area contributed by atoms with Crippen LogP contribution < -0.4 is 10.6 Å². The third-order valence-corrected chi connectivity index (χ3v) is 3.50. The molecule has 19 heavy (non-hydrogen) atoms. The molecule has 106 valence electrons. The van der Waals surface area contributed by atoms with Gasteiger partial charge in [-0.2, -0.15) is 0 Å². The number of carbonyl (C=O) groups excluding carboxylic acids is 1. The van der Waals surface area contributed by atoms with Gasteiger partial charge >= 0.3 is 12.0 Å². The first-order valence-corrected chi connectivity index (χ1v) is 6.91. The third kappa shape index (κ3) is 5.27. The number of nitrogens with one attached hydrogen (secondary N) is 2. The Morgan fingerprint density at radius 3 is 2.74 bits per heavy atom. The molecule has 0 radical (unpaired) electrons. The van der Waals surface area contributed by atoms with E-state index in [4.69, 9.17) is 10.2 Å². The lowest BCUT2D eigenvalue weighted by atomic mass is 10.1. The van der Waals surface area contributed by atoms with Crippen LogP contribution in [0.4, 0.5) is 4.79 Å². The zero-order chi connectivity index (χ0) is 14.3. The maximum atomic E-state index is 11.6. The van der Waals surface area contributed by atoms with E-state index in [9.17, 15) is 9.59 Å². The number of hydrogen-bond acceptors (Lipinski definition) is 4. The minimum atomic E-state index is -1.59. The predicted molar refractivity (Wildman–Crippen MR) is 72.1 cm³/mol. The van der Waals surface area contributed by atoms with Gasteiger partial charge in [0.2, 0.25) is 0 Å². The molecule has 1 rings (SSSR count). The largest absolute Gasteiger partial charge is 0.479 e. The minimum Gasteiger partial charge on any atom is -0.479 e. The van der Waals surface area contributed by atoms with Crippen molar-refractivity contribution in [3.8, 4) is 0 Å². The van der Waals surface area contributed by atoms with Crippen LogP contribution in [0.5, 0.6) is 0 Å². The van der Waals surface area contributed by atoms with Gasteiger partial charge in [0.15, 0.2) is 6.10 Å². The molecule has 2 amide bonds. The Labute approximate surface area is 115 Å². The van der Waals surface area contributed by atoms with Crippen LogP contribution in [-0.2, 0) is 4.79 Å². The molecular formula is C12H18N2O4S. The van der Waals surface area contributed by atoms with Crippen molar-refractivity contribution < 1.29 is 19.8 Å². The highest BCUT2D eigenvalue weighted by atomic mass is 32.1. The van der Waals surface area contributed by atoms with E-state index in [1.807, 2.05) is 24.4 Å². The number of carboxylic acids is 1. The number of rotatable bonds is 7. The lowest BCUT2D eigenvalue weighted by Crippen LogP contribution is -2.43. The second-order valence-electron chi connectivity index (χ2n) is 4.07. The summed E-state index contributed by atoms with van der Waals surface area (Å²) in [7, 11) is 0. The molecule has 7 heteroatoms. The summed E-state index contributed by atoms with van der Waals surface area (Å²) < 4.78 is 0. The molecule has 0 fully saturated rings. The van der Waals surface area contributed by atoms with E-state index in [-0.39, 0.29) is 12.6 Å². The van der Waals surface area contributed by atoms with Crippen molar-refractivity contribution in [2.24, 2.45) is 0 Å². The zero-order valence-corrected chi connectivity index (χ0v) is 11.4. The highest BCUT2D eigenvalue weighted by molar-refractivity contribution is 7.10. The molecular weight excluding hydrogens is 268 g/mol. The van der Waals surface area contributed by atoms with Crippen molar-refractivity contribution in [1.29, 1.82) is 0 Å². The predicted octanol–water partition coefficient (Wildman–Crippen LogP) is 1.33. The Morgan fingerprint density at radius 1 is 1.47 bits per heavy atom. The molecule has 1 aromatic heterocycles. The second kappa shape index (κ2) is 7.75. The fourth-order valence-electron chi connectivity index (χ4n) is 1.55. The van der Waals surface area contributed by atoms with Crippen LogP contribution in [0, 0.1) is 0 Å². The van der Waals surface area contributed by atoms with E-state index < -0.39 is 18.1 Å². The van der Waals surface area contributed by atoms with Crippen molar-refractivity contribution in [1.82, 2.24) is 10.6 Å². The van der Waals surface area contributed by atoms with Crippen LogP contribution in [0.3, 0.4) is 0 Å². The monoisotopic (exact) mass is 286 g/mol. The van der Waals surface area contributed by atoms with Crippen molar-refractivity contribution in [3.05, 3.63) is 22.4 Å². The average molecular weight is 286 g/mol. The molecule has 0 aliphatic rings. The molecule has 2 atom stereocenters. The SMILES string of the molecule is CCCC(NC(=O)NCC(O)C(=O)O)c1cccs1. The number of aliphatic hydroxyl groups is 1. The number of thiophene rings is 1. The molecule has 0 aliphatic heterocycles. The van der Waals surface area contributed by atoms with Gasteiger partial charge in [-0.1, -0.05) is 19.4 Å². The molecule has 1 heterocycles. The summed E-state index contributed by atoms with van der Waals surface area (Å²) in [4.78, 5) is 23.1. The quantitative estimate of drug-likeness (QED) is 0.608. The van der Waals surface area contributed by atoms with Crippen LogP contribution in [0.2, 0.25) is 0 Å². The molecule has 6 nitrogen and oxygen atoms in total. The third-order valence-electron chi connectivity index (χ3n) is 2.51. The molecule has 0 spiro atoms. The maximum absolute atomic E-state index is 11.6. The first-order chi connectivity index (χ1) is 9.04. The van der Waals surface area contributed by atoms with Gasteiger partial charge < -0.3 is 20.8 Å². The number of aliphatic carboxylic acids is 1. The molecule has 0 saturated carbocycles. The summed E-state index contributed by atoms with van der Waals surface area (Å²) >= 11 is 1.56. The zero-order valence-electron chi connectivity index (χ0n) is 10.6. The van der Waals surface area contributed by atoms with Crippen LogP contribution in [0.1, 0.15) is 30.7 Å². The molecule has 0 bridgehead atoms. The Morgan fingerprint density at radius 2 is 2.21 bits per heavy atom. The molecule has 0 saturated heterocycles. The lowest BCUT2D eigenvalue weighted by Gasteiger charge is -2.17. The van der Waals surface area contributed by atoms with Crippen molar-refractivity contribution >= 4 is 23.3 Å². The number of aliphatic hydroxyl groups excluding tert-OH is 1. The minimum absolute atomic E-state index is 0.0908. The first-order valence-electron chi connectivity index (χ1n) is 6.03. The van der Waals surface area contributed by atoms with Gasteiger partial charge in [-0.15, -0.1) is 11.3 Å². The van der Waals surface area contributed by atoms with Crippen molar-refractivity contribution in [2.45, 2.75) is 31.9 Å². The number of urea groups is 1. The van der Waals surface area contributed by atoms with Gasteiger partial charge in [-0.05, 0) is 17.9 Å². The van der Waals surface area contributed by atoms with Gasteiger partial charge in [-0.25, -0.2) is 9.59 Å². The summed E-state index contributed by atoms with van der Waals surface area (Å²) in [5.74, 6) is -1.36. The van der Waals surface area contributed by atoms with Crippen LogP contribution in [0.15, 0.2) is 17.5 Å². The van der Waals surface area contributed by atoms with E-state index >= 15 is 0 Å². The lowest BCUT2D eigenvalue weighted by molar-refractivity contribution is -0.146. The van der Waals surface area contributed by atoms with Crippen LogP contribution in [0.25, 0.3) is 0 Å². The Balaban J connectivity index is 2.46. The fourth-order valence-corrected chi connectivity index (χ4v) is 2.36. The maximum Gasteiger partial charge on any atom is 0.334 e. The highest BCUT2D eigenvalue weighted by Crippen LogP contribution is 2.22. The standard InChI is InChI=1S/C12H18N2O4S/c1-2-4-8(10-5-3-6-19-10)14-12(18)13-7-9(15)11(16)17/h3,5-6,8-9,15H,2,4,7H2,1H3,(H,16,17)(H2,13,14,18). The highest BCUT2D eigenvalue weighted by Gasteiger charge is 2.17. The summed E-state index contributed by atoms with van der Waals surface area (Å²) in [5.41, 5.74) is 0. The van der Waals surface area contributed by atoms with Crippen molar-refractivity contribution in [3.63, 3.8) is 0 Å². The number of hydrogen-bond donors (Lipinski definition) is 4. The van der Waals surface area contributed by atoms with Gasteiger partial charge in [0, 0.05) is 4.88 Å². The molecule has 0 aliphatic carbocycles. The van der Waals surface area contributed by atoms with Gasteiger partial charge in [-0.3, -0.25) is 0 Å². The number of amides is 2. The van der Waals surface area contributed by atoms with E-state index in [0.29, 0.717) is 0 Å². The van der Waals surface area contributed by atoms with Crippen LogP contribution >= 0.6 is 11.3 Å².